The maximum Gasteiger partial charge on any atom is 0.243 e. The highest BCUT2D eigenvalue weighted by molar-refractivity contribution is 7.89. The summed E-state index contributed by atoms with van der Waals surface area (Å²) in [5, 5.41) is 5.66. The number of likely N-dealkylation sites (N-methyl/N-ethyl adjacent to an activating group) is 1. The van der Waals surface area contributed by atoms with Crippen molar-refractivity contribution in [3.8, 4) is 16.9 Å². The molecule has 1 aliphatic rings. The van der Waals surface area contributed by atoms with E-state index in [2.05, 4.69) is 21.3 Å². The number of fused-ring (bicyclic) bond motifs is 1. The second-order valence-corrected chi connectivity index (χ2v) is 13.2. The molecule has 5 aromatic rings. The fourth-order valence-electron chi connectivity index (χ4n) is 5.31. The summed E-state index contributed by atoms with van der Waals surface area (Å²) in [6.07, 6.45) is 2.56. The monoisotopic (exact) mass is 630 g/mol. The molecule has 0 aliphatic carbocycles. The van der Waals surface area contributed by atoms with Gasteiger partial charge in [0.1, 0.15) is 24.0 Å². The van der Waals surface area contributed by atoms with Crippen LogP contribution in [-0.2, 0) is 16.6 Å². The van der Waals surface area contributed by atoms with E-state index in [1.165, 1.54) is 12.1 Å². The van der Waals surface area contributed by atoms with Crippen LogP contribution in [-0.4, -0.2) is 55.8 Å². The molecule has 0 atom stereocenters. The first-order valence-electron chi connectivity index (χ1n) is 14.4. The lowest BCUT2D eigenvalue weighted by Crippen LogP contribution is -2.34. The van der Waals surface area contributed by atoms with E-state index in [9.17, 15) is 12.8 Å². The van der Waals surface area contributed by atoms with Crippen molar-refractivity contribution in [1.82, 2.24) is 14.2 Å². The van der Waals surface area contributed by atoms with Crippen LogP contribution in [0.25, 0.3) is 21.9 Å². The number of rotatable bonds is 8. The molecule has 0 bridgehead atoms. The van der Waals surface area contributed by atoms with Gasteiger partial charge >= 0.3 is 0 Å². The Balaban J connectivity index is 1.17. The molecule has 0 unspecified atom stereocenters. The predicted octanol–water partition coefficient (Wildman–Crippen LogP) is 7.34. The first-order chi connectivity index (χ1) is 21.3. The predicted molar refractivity (Wildman–Crippen MR) is 174 cm³/mol. The molecule has 0 amide bonds. The van der Waals surface area contributed by atoms with Crippen LogP contribution in [0, 0.1) is 5.82 Å². The zero-order valence-electron chi connectivity index (χ0n) is 24.2. The Morgan fingerprint density at radius 2 is 1.73 bits per heavy atom. The van der Waals surface area contributed by atoms with Gasteiger partial charge in [-0.05, 0) is 96.7 Å². The third-order valence-corrected chi connectivity index (χ3v) is 9.95. The van der Waals surface area contributed by atoms with E-state index in [0.29, 0.717) is 40.1 Å². The van der Waals surface area contributed by atoms with Gasteiger partial charge in [0.05, 0.1) is 9.92 Å². The fraction of sp³-hybridized carbons (Fsp3) is 0.206. The topological polar surface area (TPSA) is 74.8 Å². The zero-order valence-corrected chi connectivity index (χ0v) is 25.8. The first kappa shape index (κ1) is 30.0. The lowest BCUT2D eigenvalue weighted by atomic mass is 10.0. The molecule has 1 N–H and O–H groups in total. The second kappa shape index (κ2) is 12.9. The van der Waals surface area contributed by atoms with Crippen molar-refractivity contribution in [2.75, 3.05) is 38.5 Å². The smallest absolute Gasteiger partial charge is 0.243 e. The van der Waals surface area contributed by atoms with E-state index in [4.69, 9.17) is 16.3 Å². The number of anilines is 2. The molecule has 4 aromatic carbocycles. The van der Waals surface area contributed by atoms with Gasteiger partial charge in [-0.25, -0.2) is 17.8 Å². The Labute approximate surface area is 261 Å². The third kappa shape index (κ3) is 6.71. The summed E-state index contributed by atoms with van der Waals surface area (Å²) in [6, 6.07) is 26.7. The maximum atomic E-state index is 13.5. The summed E-state index contributed by atoms with van der Waals surface area (Å²) in [6.45, 7) is 2.85. The lowest BCUT2D eigenvalue weighted by molar-refractivity contribution is 0.306. The molecule has 6 rings (SSSR count). The number of sulfonamides is 1. The van der Waals surface area contributed by atoms with Crippen LogP contribution >= 0.6 is 11.6 Å². The molecule has 10 heteroatoms. The van der Waals surface area contributed by atoms with Gasteiger partial charge in [0.25, 0.3) is 0 Å². The lowest BCUT2D eigenvalue weighted by Gasteiger charge is -2.20. The molecule has 0 saturated carbocycles. The van der Waals surface area contributed by atoms with Crippen molar-refractivity contribution < 1.29 is 17.5 Å². The van der Waals surface area contributed by atoms with Crippen LogP contribution in [0.3, 0.4) is 0 Å². The first-order valence-corrected chi connectivity index (χ1v) is 16.2. The molecule has 226 valence electrons. The molecule has 0 spiro atoms. The van der Waals surface area contributed by atoms with Gasteiger partial charge in [-0.2, -0.15) is 4.31 Å². The number of benzene rings is 4. The van der Waals surface area contributed by atoms with Crippen molar-refractivity contribution in [3.05, 3.63) is 114 Å². The molecule has 44 heavy (non-hydrogen) atoms. The van der Waals surface area contributed by atoms with Crippen molar-refractivity contribution in [1.29, 1.82) is 0 Å². The molecule has 7 nitrogen and oxygen atoms in total. The normalized spacial score (nSPS) is 14.8. The Hall–Kier alpha value is -4.02. The van der Waals surface area contributed by atoms with E-state index in [1.54, 1.807) is 46.9 Å². The summed E-state index contributed by atoms with van der Waals surface area (Å²) in [5.41, 5.74) is 3.35. The number of halogens is 2. The molecular weight excluding hydrogens is 599 g/mol. The van der Waals surface area contributed by atoms with Crippen LogP contribution in [0.4, 0.5) is 15.9 Å². The van der Waals surface area contributed by atoms with E-state index < -0.39 is 10.0 Å². The van der Waals surface area contributed by atoms with Gasteiger partial charge in [-0.15, -0.1) is 0 Å². The molecular formula is C34H32ClFN4O3S. The molecule has 0 radical (unpaired) electrons. The molecule has 1 aromatic heterocycles. The minimum Gasteiger partial charge on any atom is -0.487 e. The molecule has 2 heterocycles. The largest absolute Gasteiger partial charge is 0.487 e. The summed E-state index contributed by atoms with van der Waals surface area (Å²) in [5.74, 6) is 0.852. The number of pyridine rings is 1. The van der Waals surface area contributed by atoms with Crippen LogP contribution in [0.5, 0.6) is 5.75 Å². The Bertz CT molecular complexity index is 1900. The Morgan fingerprint density at radius 1 is 0.909 bits per heavy atom. The summed E-state index contributed by atoms with van der Waals surface area (Å²) in [7, 11) is -1.52. The van der Waals surface area contributed by atoms with Gasteiger partial charge < -0.3 is 15.0 Å². The minimum absolute atomic E-state index is 0.201. The van der Waals surface area contributed by atoms with Crippen molar-refractivity contribution in [2.24, 2.45) is 0 Å². The Kier molecular flexibility index (Phi) is 8.81. The SMILES string of the molecule is CN1CCCN(S(=O)(=O)c2ccc(-c3ccc4c(Nc5ccc(OCc6cccc(F)c6)c(Cl)c5)nccc4c3)cc2)CC1. The van der Waals surface area contributed by atoms with E-state index in [-0.39, 0.29) is 12.4 Å². The summed E-state index contributed by atoms with van der Waals surface area (Å²) < 4.78 is 47.4. The van der Waals surface area contributed by atoms with Gasteiger partial charge in [-0.1, -0.05) is 48.0 Å². The van der Waals surface area contributed by atoms with E-state index >= 15 is 0 Å². The minimum atomic E-state index is -3.54. The van der Waals surface area contributed by atoms with Gasteiger partial charge in [0, 0.05) is 36.9 Å². The van der Waals surface area contributed by atoms with E-state index in [1.807, 2.05) is 43.4 Å². The van der Waals surface area contributed by atoms with Crippen LogP contribution < -0.4 is 10.1 Å². The summed E-state index contributed by atoms with van der Waals surface area (Å²) >= 11 is 6.49. The van der Waals surface area contributed by atoms with Gasteiger partial charge in [0.15, 0.2) is 0 Å². The average Bonchev–Trinajstić information content (AvgIpc) is 3.25. The van der Waals surface area contributed by atoms with E-state index in [0.717, 1.165) is 47.1 Å². The molecule has 1 saturated heterocycles. The highest BCUT2D eigenvalue weighted by atomic mass is 35.5. The maximum absolute atomic E-state index is 13.5. The van der Waals surface area contributed by atoms with Crippen molar-refractivity contribution in [2.45, 2.75) is 17.9 Å². The summed E-state index contributed by atoms with van der Waals surface area (Å²) in [4.78, 5) is 7.01. The van der Waals surface area contributed by atoms with Crippen molar-refractivity contribution >= 4 is 43.9 Å². The number of aromatic nitrogens is 1. The highest BCUT2D eigenvalue weighted by Crippen LogP contribution is 2.33. The standard InChI is InChI=1S/C34H32ClFN4O3S/c1-39-16-3-17-40(19-18-39)44(41,42)30-10-6-25(7-11-30)26-8-12-31-27(21-26)14-15-37-34(31)38-29-9-13-33(32(35)22-29)43-23-24-4-2-5-28(36)20-24/h2,4-15,20-22H,3,16-19,23H2,1H3,(H,37,38). The number of nitrogens with one attached hydrogen (secondary N) is 1. The highest BCUT2D eigenvalue weighted by Gasteiger charge is 2.26. The zero-order chi connectivity index (χ0) is 30.7. The van der Waals surface area contributed by atoms with Crippen LogP contribution in [0.15, 0.2) is 102 Å². The van der Waals surface area contributed by atoms with Gasteiger partial charge in [-0.3, -0.25) is 0 Å². The average molecular weight is 631 g/mol. The molecule has 1 aliphatic heterocycles. The number of hydrogen-bond acceptors (Lipinski definition) is 6. The van der Waals surface area contributed by atoms with Crippen LogP contribution in [0.2, 0.25) is 5.02 Å². The Morgan fingerprint density at radius 3 is 2.52 bits per heavy atom. The third-order valence-electron chi connectivity index (χ3n) is 7.75. The number of ether oxygens (including phenoxy) is 1. The second-order valence-electron chi connectivity index (χ2n) is 10.9. The molecule has 1 fully saturated rings. The number of nitrogens with zero attached hydrogens (tertiary/aromatic N) is 3. The van der Waals surface area contributed by atoms with Gasteiger partial charge in [0.2, 0.25) is 10.0 Å². The fourth-order valence-corrected chi connectivity index (χ4v) is 7.01. The van der Waals surface area contributed by atoms with Crippen LogP contribution in [0.1, 0.15) is 12.0 Å². The quantitative estimate of drug-likeness (QED) is 0.193. The number of hydrogen-bond donors (Lipinski definition) is 1. The van der Waals surface area contributed by atoms with Crippen molar-refractivity contribution in [3.63, 3.8) is 0 Å².